The molecule has 1 atom stereocenters. The topological polar surface area (TPSA) is 50.9 Å². The van der Waals surface area contributed by atoms with E-state index in [0.717, 1.165) is 10.9 Å². The number of nitrogens with two attached hydrogens (primary N) is 1. The van der Waals surface area contributed by atoms with Crippen LogP contribution in [0.5, 0.6) is 0 Å². The number of nitrogen functional groups attached to an aromatic ring is 1. The highest BCUT2D eigenvalue weighted by atomic mass is 32.1. The van der Waals surface area contributed by atoms with Gasteiger partial charge in [0.2, 0.25) is 0 Å². The molecule has 2 rings (SSSR count). The lowest BCUT2D eigenvalue weighted by Crippen LogP contribution is -2.18. The van der Waals surface area contributed by atoms with Gasteiger partial charge in [0.05, 0.1) is 6.04 Å². The summed E-state index contributed by atoms with van der Waals surface area (Å²) < 4.78 is 26.8. The Bertz CT molecular complexity index is 555. The van der Waals surface area contributed by atoms with Gasteiger partial charge in [-0.15, -0.1) is 11.3 Å². The van der Waals surface area contributed by atoms with Crippen molar-refractivity contribution < 1.29 is 8.78 Å². The van der Waals surface area contributed by atoms with Gasteiger partial charge in [0.15, 0.2) is 23.3 Å². The molecule has 0 aliphatic carbocycles. The van der Waals surface area contributed by atoms with Gasteiger partial charge in [-0.1, -0.05) is 19.9 Å². The second-order valence-electron chi connectivity index (χ2n) is 4.57. The molecule has 1 unspecified atom stereocenters. The van der Waals surface area contributed by atoms with E-state index in [-0.39, 0.29) is 23.6 Å². The summed E-state index contributed by atoms with van der Waals surface area (Å²) >= 11 is 1.57. The van der Waals surface area contributed by atoms with Crippen LogP contribution in [0.2, 0.25) is 0 Å². The zero-order chi connectivity index (χ0) is 14.0. The summed E-state index contributed by atoms with van der Waals surface area (Å²) in [5, 5.41) is 4.95. The lowest BCUT2D eigenvalue weighted by molar-refractivity contribution is 0.538. The van der Waals surface area contributed by atoms with Gasteiger partial charge in [-0.2, -0.15) is 0 Å². The van der Waals surface area contributed by atoms with Crippen molar-refractivity contribution in [2.45, 2.75) is 19.9 Å². The minimum absolute atomic E-state index is 0.0222. The van der Waals surface area contributed by atoms with E-state index in [4.69, 9.17) is 5.73 Å². The van der Waals surface area contributed by atoms with Crippen LogP contribution in [0.4, 0.5) is 20.4 Å². The van der Waals surface area contributed by atoms with Crippen LogP contribution in [0.3, 0.4) is 0 Å². The summed E-state index contributed by atoms with van der Waals surface area (Å²) in [6.07, 6.45) is 0. The van der Waals surface area contributed by atoms with Crippen LogP contribution in [0.25, 0.3) is 0 Å². The maximum absolute atomic E-state index is 13.7. The molecule has 0 aromatic carbocycles. The summed E-state index contributed by atoms with van der Waals surface area (Å²) in [5.41, 5.74) is 5.37. The van der Waals surface area contributed by atoms with Crippen molar-refractivity contribution in [3.63, 3.8) is 0 Å². The molecule has 2 heterocycles. The minimum Gasteiger partial charge on any atom is -0.381 e. The van der Waals surface area contributed by atoms with Crippen molar-refractivity contribution in [2.75, 3.05) is 11.1 Å². The summed E-state index contributed by atoms with van der Waals surface area (Å²) in [6, 6.07) is 4.55. The molecule has 2 aromatic rings. The van der Waals surface area contributed by atoms with Crippen molar-refractivity contribution >= 4 is 23.0 Å². The Labute approximate surface area is 114 Å². The molecule has 0 bridgehead atoms. The van der Waals surface area contributed by atoms with Crippen LogP contribution in [-0.2, 0) is 0 Å². The van der Waals surface area contributed by atoms with Gasteiger partial charge < -0.3 is 11.1 Å². The first-order valence-electron chi connectivity index (χ1n) is 5.90. The van der Waals surface area contributed by atoms with E-state index in [1.54, 1.807) is 11.3 Å². The number of thiophene rings is 1. The molecule has 0 spiro atoms. The molecule has 0 fully saturated rings. The maximum atomic E-state index is 13.7. The SMILES string of the molecule is CC(C)C(Nc1nc(N)c(F)cc1F)c1cccs1. The second kappa shape index (κ2) is 5.52. The predicted molar refractivity (Wildman–Crippen MR) is 74.1 cm³/mol. The van der Waals surface area contributed by atoms with Gasteiger partial charge in [0, 0.05) is 10.9 Å². The molecule has 0 aliphatic rings. The molecule has 102 valence electrons. The number of rotatable bonds is 4. The second-order valence-corrected chi connectivity index (χ2v) is 5.55. The van der Waals surface area contributed by atoms with Gasteiger partial charge >= 0.3 is 0 Å². The average molecular weight is 283 g/mol. The number of pyridine rings is 1. The van der Waals surface area contributed by atoms with E-state index in [1.165, 1.54) is 0 Å². The Morgan fingerprint density at radius 2 is 2.05 bits per heavy atom. The van der Waals surface area contributed by atoms with E-state index in [9.17, 15) is 8.78 Å². The van der Waals surface area contributed by atoms with Crippen LogP contribution in [-0.4, -0.2) is 4.98 Å². The standard InChI is InChI=1S/C13H15F2N3S/c1-7(2)11(10-4-3-5-19-10)17-13-9(15)6-8(14)12(16)18-13/h3-7,11H,1-2H3,(H3,16,17,18). The van der Waals surface area contributed by atoms with E-state index in [2.05, 4.69) is 10.3 Å². The van der Waals surface area contributed by atoms with Crippen LogP contribution < -0.4 is 11.1 Å². The quantitative estimate of drug-likeness (QED) is 0.897. The number of nitrogens with one attached hydrogen (secondary N) is 1. The third-order valence-electron chi connectivity index (χ3n) is 2.77. The molecule has 0 aliphatic heterocycles. The minimum atomic E-state index is -0.847. The zero-order valence-corrected chi connectivity index (χ0v) is 11.5. The largest absolute Gasteiger partial charge is 0.381 e. The predicted octanol–water partition coefficient (Wildman–Crippen LogP) is 3.81. The molecule has 19 heavy (non-hydrogen) atoms. The van der Waals surface area contributed by atoms with Gasteiger partial charge in [0.25, 0.3) is 0 Å². The summed E-state index contributed by atoms with van der Waals surface area (Å²) in [5.74, 6) is -1.69. The molecule has 6 heteroatoms. The summed E-state index contributed by atoms with van der Waals surface area (Å²) in [6.45, 7) is 4.03. The van der Waals surface area contributed by atoms with Crippen molar-refractivity contribution in [3.8, 4) is 0 Å². The van der Waals surface area contributed by atoms with Crippen molar-refractivity contribution in [1.29, 1.82) is 0 Å². The van der Waals surface area contributed by atoms with Gasteiger partial charge in [-0.25, -0.2) is 13.8 Å². The van der Waals surface area contributed by atoms with Crippen LogP contribution >= 0.6 is 11.3 Å². The van der Waals surface area contributed by atoms with Crippen molar-refractivity contribution in [2.24, 2.45) is 5.92 Å². The molecule has 0 saturated heterocycles. The lowest BCUT2D eigenvalue weighted by Gasteiger charge is -2.22. The molecule has 0 radical (unpaired) electrons. The van der Waals surface area contributed by atoms with Crippen molar-refractivity contribution in [1.82, 2.24) is 4.98 Å². The fourth-order valence-electron chi connectivity index (χ4n) is 1.76. The van der Waals surface area contributed by atoms with Crippen LogP contribution in [0.1, 0.15) is 24.8 Å². The molecule has 0 saturated carbocycles. The van der Waals surface area contributed by atoms with E-state index >= 15 is 0 Å². The smallest absolute Gasteiger partial charge is 0.168 e. The summed E-state index contributed by atoms with van der Waals surface area (Å²) in [7, 11) is 0. The van der Waals surface area contributed by atoms with E-state index in [1.807, 2.05) is 31.4 Å². The maximum Gasteiger partial charge on any atom is 0.168 e. The molecule has 3 N–H and O–H groups in total. The highest BCUT2D eigenvalue weighted by Crippen LogP contribution is 2.30. The lowest BCUT2D eigenvalue weighted by atomic mass is 10.0. The fraction of sp³-hybridized carbons (Fsp3) is 0.308. The fourth-order valence-corrected chi connectivity index (χ4v) is 2.71. The first kappa shape index (κ1) is 13.7. The Morgan fingerprint density at radius 1 is 1.32 bits per heavy atom. The van der Waals surface area contributed by atoms with Gasteiger partial charge in [0.1, 0.15) is 0 Å². The molecule has 3 nitrogen and oxygen atoms in total. The Balaban J connectivity index is 2.30. The van der Waals surface area contributed by atoms with E-state index in [0.29, 0.717) is 0 Å². The highest BCUT2D eigenvalue weighted by Gasteiger charge is 2.20. The molecule has 0 amide bonds. The summed E-state index contributed by atoms with van der Waals surface area (Å²) in [4.78, 5) is 4.79. The molecular formula is C13H15F2N3S. The number of hydrogen-bond donors (Lipinski definition) is 2. The Morgan fingerprint density at radius 3 is 2.63 bits per heavy atom. The van der Waals surface area contributed by atoms with E-state index < -0.39 is 11.6 Å². The number of halogens is 2. The number of hydrogen-bond acceptors (Lipinski definition) is 4. The Kier molecular flexibility index (Phi) is 3.99. The Hall–Kier alpha value is -1.69. The number of nitrogens with zero attached hydrogens (tertiary/aromatic N) is 1. The third kappa shape index (κ3) is 3.01. The number of aromatic nitrogens is 1. The highest BCUT2D eigenvalue weighted by molar-refractivity contribution is 7.10. The normalized spacial score (nSPS) is 12.7. The van der Waals surface area contributed by atoms with Crippen molar-refractivity contribution in [3.05, 3.63) is 40.1 Å². The number of anilines is 2. The average Bonchev–Trinajstić information content (AvgIpc) is 2.85. The first-order chi connectivity index (χ1) is 8.99. The first-order valence-corrected chi connectivity index (χ1v) is 6.78. The van der Waals surface area contributed by atoms with Gasteiger partial charge in [-0.05, 0) is 17.4 Å². The molecular weight excluding hydrogens is 268 g/mol. The molecule has 2 aromatic heterocycles. The van der Waals surface area contributed by atoms with Crippen LogP contribution in [0.15, 0.2) is 23.6 Å². The van der Waals surface area contributed by atoms with Crippen LogP contribution in [0, 0.1) is 17.6 Å². The third-order valence-corrected chi connectivity index (χ3v) is 3.72. The monoisotopic (exact) mass is 283 g/mol. The van der Waals surface area contributed by atoms with Gasteiger partial charge in [-0.3, -0.25) is 0 Å². The zero-order valence-electron chi connectivity index (χ0n) is 10.7.